The van der Waals surface area contributed by atoms with Gasteiger partial charge in [-0.05, 0) is 18.1 Å². The number of carbonyl (C=O) groups excluding carboxylic acids is 1. The minimum atomic E-state index is -1.39. The Kier molecular flexibility index (Phi) is 5.77. The van der Waals surface area contributed by atoms with Gasteiger partial charge in [-0.15, -0.1) is 0 Å². The van der Waals surface area contributed by atoms with E-state index in [-0.39, 0.29) is 12.0 Å². The van der Waals surface area contributed by atoms with Crippen LogP contribution in [-0.2, 0) is 20.8 Å². The number of rotatable bonds is 7. The lowest BCUT2D eigenvalue weighted by atomic mass is 10.1. The van der Waals surface area contributed by atoms with Crippen molar-refractivity contribution in [3.63, 3.8) is 0 Å². The van der Waals surface area contributed by atoms with Crippen molar-refractivity contribution in [2.45, 2.75) is 25.3 Å². The van der Waals surface area contributed by atoms with Crippen LogP contribution in [0.2, 0.25) is 0 Å². The third kappa shape index (κ3) is 5.55. The average molecular weight is 301 g/mol. The van der Waals surface area contributed by atoms with Gasteiger partial charge in [0.25, 0.3) is 0 Å². The summed E-state index contributed by atoms with van der Waals surface area (Å²) in [6.45, 7) is 0. The van der Waals surface area contributed by atoms with E-state index in [0.29, 0.717) is 6.07 Å². The van der Waals surface area contributed by atoms with Crippen molar-refractivity contribution < 1.29 is 33.4 Å². The lowest BCUT2D eigenvalue weighted by molar-refractivity contribution is -0.143. The molecule has 0 fully saturated rings. The van der Waals surface area contributed by atoms with Gasteiger partial charge in [-0.2, -0.15) is 0 Å². The van der Waals surface area contributed by atoms with Crippen molar-refractivity contribution in [2.24, 2.45) is 0 Å². The second-order valence-electron chi connectivity index (χ2n) is 4.30. The predicted octanol–water partition coefficient (Wildman–Crippen LogP) is 0.942. The molecule has 114 valence electrons. The van der Waals surface area contributed by atoms with Crippen LogP contribution in [0.5, 0.6) is 0 Å². The largest absolute Gasteiger partial charge is 0.481 e. The molecule has 0 radical (unpaired) electrons. The van der Waals surface area contributed by atoms with Crippen LogP contribution in [0.15, 0.2) is 18.2 Å². The second kappa shape index (κ2) is 7.32. The number of nitrogens with one attached hydrogen (secondary N) is 1. The highest BCUT2D eigenvalue weighted by molar-refractivity contribution is 5.85. The summed E-state index contributed by atoms with van der Waals surface area (Å²) in [5.74, 6) is -5.08. The fourth-order valence-electron chi connectivity index (χ4n) is 1.61. The van der Waals surface area contributed by atoms with Gasteiger partial charge < -0.3 is 15.5 Å². The molecule has 1 aromatic carbocycles. The van der Waals surface area contributed by atoms with E-state index in [9.17, 15) is 23.2 Å². The van der Waals surface area contributed by atoms with Crippen molar-refractivity contribution in [1.29, 1.82) is 0 Å². The van der Waals surface area contributed by atoms with E-state index < -0.39 is 48.4 Å². The zero-order chi connectivity index (χ0) is 16.0. The number of benzene rings is 1. The first-order chi connectivity index (χ1) is 9.79. The summed E-state index contributed by atoms with van der Waals surface area (Å²) < 4.78 is 26.0. The predicted molar refractivity (Wildman–Crippen MR) is 66.5 cm³/mol. The SMILES string of the molecule is O=C(O)CCC(NC(=O)Cc1ccc(F)cc1F)C(=O)O. The van der Waals surface area contributed by atoms with Crippen LogP contribution in [0, 0.1) is 11.6 Å². The number of carbonyl (C=O) groups is 3. The second-order valence-corrected chi connectivity index (χ2v) is 4.30. The molecule has 1 unspecified atom stereocenters. The molecule has 1 atom stereocenters. The molecule has 0 saturated carbocycles. The Hall–Kier alpha value is -2.51. The summed E-state index contributed by atoms with van der Waals surface area (Å²) in [4.78, 5) is 32.9. The molecular formula is C13H13F2NO5. The van der Waals surface area contributed by atoms with Gasteiger partial charge >= 0.3 is 11.9 Å². The minimum absolute atomic E-state index is 0.0868. The molecule has 0 bridgehead atoms. The number of aliphatic carboxylic acids is 2. The zero-order valence-corrected chi connectivity index (χ0v) is 10.8. The van der Waals surface area contributed by atoms with Crippen LogP contribution in [-0.4, -0.2) is 34.1 Å². The van der Waals surface area contributed by atoms with Gasteiger partial charge in [0.1, 0.15) is 17.7 Å². The van der Waals surface area contributed by atoms with Crippen molar-refractivity contribution in [1.82, 2.24) is 5.32 Å². The maximum atomic E-state index is 13.3. The van der Waals surface area contributed by atoms with Crippen LogP contribution in [0.1, 0.15) is 18.4 Å². The van der Waals surface area contributed by atoms with Gasteiger partial charge in [-0.3, -0.25) is 9.59 Å². The van der Waals surface area contributed by atoms with Crippen LogP contribution >= 0.6 is 0 Å². The van der Waals surface area contributed by atoms with Crippen LogP contribution in [0.25, 0.3) is 0 Å². The fourth-order valence-corrected chi connectivity index (χ4v) is 1.61. The smallest absolute Gasteiger partial charge is 0.326 e. The van der Waals surface area contributed by atoms with Gasteiger partial charge in [0, 0.05) is 12.5 Å². The molecule has 0 spiro atoms. The van der Waals surface area contributed by atoms with Gasteiger partial charge in [0.15, 0.2) is 0 Å². The lowest BCUT2D eigenvalue weighted by Gasteiger charge is -2.13. The van der Waals surface area contributed by atoms with Crippen molar-refractivity contribution in [3.05, 3.63) is 35.4 Å². The Bertz CT molecular complexity index is 561. The van der Waals surface area contributed by atoms with E-state index in [1.165, 1.54) is 0 Å². The fraction of sp³-hybridized carbons (Fsp3) is 0.308. The van der Waals surface area contributed by atoms with Crippen LogP contribution in [0.3, 0.4) is 0 Å². The Morgan fingerprint density at radius 1 is 1.19 bits per heavy atom. The molecule has 0 heterocycles. The van der Waals surface area contributed by atoms with Crippen molar-refractivity contribution in [2.75, 3.05) is 0 Å². The molecule has 6 nitrogen and oxygen atoms in total. The summed E-state index contributed by atoms with van der Waals surface area (Å²) >= 11 is 0. The number of halogens is 2. The third-order valence-electron chi connectivity index (χ3n) is 2.65. The quantitative estimate of drug-likeness (QED) is 0.695. The number of hydrogen-bond donors (Lipinski definition) is 3. The number of hydrogen-bond acceptors (Lipinski definition) is 3. The normalized spacial score (nSPS) is 11.7. The minimum Gasteiger partial charge on any atom is -0.481 e. The van der Waals surface area contributed by atoms with Gasteiger partial charge in [0.2, 0.25) is 5.91 Å². The van der Waals surface area contributed by atoms with E-state index in [1.807, 2.05) is 0 Å². The third-order valence-corrected chi connectivity index (χ3v) is 2.65. The Morgan fingerprint density at radius 2 is 1.86 bits per heavy atom. The first-order valence-electron chi connectivity index (χ1n) is 5.97. The molecule has 0 saturated heterocycles. The standard InChI is InChI=1S/C13H13F2NO5/c14-8-2-1-7(9(15)6-8)5-11(17)16-10(13(20)21)3-4-12(18)19/h1-2,6,10H,3-5H2,(H,16,17)(H,18,19)(H,20,21). The molecule has 1 rings (SSSR count). The van der Waals surface area contributed by atoms with E-state index in [1.54, 1.807) is 0 Å². The molecule has 0 aliphatic carbocycles. The molecule has 0 aliphatic heterocycles. The van der Waals surface area contributed by atoms with E-state index >= 15 is 0 Å². The molecule has 0 aromatic heterocycles. The van der Waals surface area contributed by atoms with E-state index in [4.69, 9.17) is 10.2 Å². The highest BCUT2D eigenvalue weighted by Crippen LogP contribution is 2.10. The zero-order valence-electron chi connectivity index (χ0n) is 10.8. The summed E-state index contributed by atoms with van der Waals surface area (Å²) in [5, 5.41) is 19.4. The Balaban J connectivity index is 2.65. The molecule has 1 amide bonds. The van der Waals surface area contributed by atoms with Crippen LogP contribution in [0.4, 0.5) is 8.78 Å². The maximum Gasteiger partial charge on any atom is 0.326 e. The number of carboxylic acids is 2. The first-order valence-corrected chi connectivity index (χ1v) is 5.97. The summed E-state index contributed by atoms with van der Waals surface area (Å²) in [6.07, 6.45) is -1.19. The molecule has 3 N–H and O–H groups in total. The topological polar surface area (TPSA) is 104 Å². The molecule has 8 heteroatoms. The molecular weight excluding hydrogens is 288 g/mol. The monoisotopic (exact) mass is 301 g/mol. The van der Waals surface area contributed by atoms with Crippen LogP contribution < -0.4 is 5.32 Å². The summed E-state index contributed by atoms with van der Waals surface area (Å²) in [6, 6.07) is 1.29. The lowest BCUT2D eigenvalue weighted by Crippen LogP contribution is -2.41. The number of carboxylic acid groups (broad SMARTS) is 2. The molecule has 1 aromatic rings. The number of amides is 1. The van der Waals surface area contributed by atoms with E-state index in [0.717, 1.165) is 12.1 Å². The Morgan fingerprint density at radius 3 is 2.38 bits per heavy atom. The highest BCUT2D eigenvalue weighted by atomic mass is 19.1. The highest BCUT2D eigenvalue weighted by Gasteiger charge is 2.21. The summed E-state index contributed by atoms with van der Waals surface area (Å²) in [5.41, 5.74) is -0.0868. The Labute approximate surface area is 118 Å². The first kappa shape index (κ1) is 16.5. The van der Waals surface area contributed by atoms with Gasteiger partial charge in [0.05, 0.1) is 6.42 Å². The van der Waals surface area contributed by atoms with E-state index in [2.05, 4.69) is 5.32 Å². The molecule has 21 heavy (non-hydrogen) atoms. The van der Waals surface area contributed by atoms with Crippen molar-refractivity contribution >= 4 is 17.8 Å². The van der Waals surface area contributed by atoms with Gasteiger partial charge in [-0.1, -0.05) is 6.07 Å². The molecule has 0 aliphatic rings. The average Bonchev–Trinajstić information content (AvgIpc) is 2.37. The van der Waals surface area contributed by atoms with Crippen molar-refractivity contribution in [3.8, 4) is 0 Å². The van der Waals surface area contributed by atoms with Gasteiger partial charge in [-0.25, -0.2) is 13.6 Å². The summed E-state index contributed by atoms with van der Waals surface area (Å²) in [7, 11) is 0. The maximum absolute atomic E-state index is 13.3.